The number of halogens is 2. The van der Waals surface area contributed by atoms with Crippen molar-refractivity contribution in [3.63, 3.8) is 0 Å². The third-order valence-corrected chi connectivity index (χ3v) is 3.43. The van der Waals surface area contributed by atoms with E-state index in [9.17, 15) is 4.79 Å². The van der Waals surface area contributed by atoms with Crippen molar-refractivity contribution in [2.24, 2.45) is 0 Å². The molecule has 0 spiro atoms. The summed E-state index contributed by atoms with van der Waals surface area (Å²) in [4.78, 5) is 10.9. The Morgan fingerprint density at radius 2 is 1.84 bits per heavy atom. The lowest BCUT2D eigenvalue weighted by Crippen LogP contribution is -2.03. The Hall–Kier alpha value is -0.870. The normalized spacial score (nSPS) is 9.68. The molecule has 0 aliphatic rings. The van der Waals surface area contributed by atoms with Crippen LogP contribution in [0.2, 0.25) is 8.93 Å². The fourth-order valence-corrected chi connectivity index (χ4v) is 2.23. The number of esters is 1. The summed E-state index contributed by atoms with van der Waals surface area (Å²) in [6, 6.07) is 0. The van der Waals surface area contributed by atoms with Gasteiger partial charge in [0.1, 0.15) is 5.01 Å². The zero-order valence-electron chi connectivity index (χ0n) is 9.54. The van der Waals surface area contributed by atoms with E-state index in [2.05, 4.69) is 25.1 Å². The molecule has 2 aromatic heterocycles. The van der Waals surface area contributed by atoms with Gasteiger partial charge in [0.05, 0.1) is 13.2 Å². The van der Waals surface area contributed by atoms with Crippen molar-refractivity contribution in [2.45, 2.75) is 13.5 Å². The zero-order chi connectivity index (χ0) is 14.3. The monoisotopic (exact) mass is 342 g/mol. The van der Waals surface area contributed by atoms with E-state index in [1.165, 1.54) is 11.3 Å². The van der Waals surface area contributed by atoms with E-state index in [-0.39, 0.29) is 16.1 Å². The highest BCUT2D eigenvalue weighted by atomic mass is 35.5. The molecule has 0 amide bonds. The van der Waals surface area contributed by atoms with E-state index < -0.39 is 5.97 Å². The van der Waals surface area contributed by atoms with Gasteiger partial charge in [-0.05, 0) is 30.1 Å². The minimum absolute atomic E-state index is 0.0790. The summed E-state index contributed by atoms with van der Waals surface area (Å²) in [5.74, 6) is -0.475. The first kappa shape index (κ1) is 16.2. The summed E-state index contributed by atoms with van der Waals surface area (Å²) >= 11 is 13.0. The van der Waals surface area contributed by atoms with Gasteiger partial charge in [-0.25, -0.2) is 4.79 Å². The quantitative estimate of drug-likeness (QED) is 0.852. The van der Waals surface area contributed by atoms with Crippen LogP contribution in [0.3, 0.4) is 0 Å². The predicted octanol–water partition coefficient (Wildman–Crippen LogP) is 2.05. The van der Waals surface area contributed by atoms with E-state index in [0.717, 1.165) is 11.3 Å². The lowest BCUT2D eigenvalue weighted by atomic mass is 10.7. The van der Waals surface area contributed by atoms with Gasteiger partial charge in [-0.15, -0.1) is 20.4 Å². The largest absolute Gasteiger partial charge is 0.461 e. The summed E-state index contributed by atoms with van der Waals surface area (Å²) in [6.07, 6.45) is 0. The topological polar surface area (TPSA) is 98.1 Å². The van der Waals surface area contributed by atoms with Crippen LogP contribution < -0.4 is 0 Å². The number of carbonyl (C=O) groups is 1. The minimum Gasteiger partial charge on any atom is -0.461 e. The Balaban J connectivity index is 0.000000200. The number of aliphatic hydroxyl groups excluding tert-OH is 1. The van der Waals surface area contributed by atoms with Crippen molar-refractivity contribution in [2.75, 3.05) is 6.61 Å². The van der Waals surface area contributed by atoms with Gasteiger partial charge in [-0.2, -0.15) is 0 Å². The highest BCUT2D eigenvalue weighted by molar-refractivity contribution is 7.17. The summed E-state index contributed by atoms with van der Waals surface area (Å²) in [5, 5.41) is 23.1. The molecule has 2 aromatic rings. The first-order valence-electron chi connectivity index (χ1n) is 4.81. The van der Waals surface area contributed by atoms with Crippen LogP contribution in [0.25, 0.3) is 0 Å². The van der Waals surface area contributed by atoms with Crippen molar-refractivity contribution in [1.82, 2.24) is 20.4 Å². The summed E-state index contributed by atoms with van der Waals surface area (Å²) in [6.45, 7) is 1.97. The fourth-order valence-electron chi connectivity index (χ4n) is 0.778. The van der Waals surface area contributed by atoms with Gasteiger partial charge in [0, 0.05) is 0 Å². The van der Waals surface area contributed by atoms with Gasteiger partial charge in [0.2, 0.25) is 13.9 Å². The molecule has 7 nitrogen and oxygen atoms in total. The van der Waals surface area contributed by atoms with Crippen LogP contribution in [0.5, 0.6) is 0 Å². The van der Waals surface area contributed by atoms with Gasteiger partial charge in [0.15, 0.2) is 0 Å². The van der Waals surface area contributed by atoms with Crippen LogP contribution in [-0.2, 0) is 11.3 Å². The number of rotatable bonds is 3. The standard InChI is InChI=1S/C5H5ClN2O2S.C3H3ClN2OS/c1-2-10-4(9)3-7-8-5(6)11-3;4-3-6-5-2(1-7)8-3/h2H2,1H3;7H,1H2. The van der Waals surface area contributed by atoms with Crippen molar-refractivity contribution in [3.05, 3.63) is 18.9 Å². The molecule has 0 fully saturated rings. The number of aromatic nitrogens is 4. The van der Waals surface area contributed by atoms with Gasteiger partial charge >= 0.3 is 5.97 Å². The SMILES string of the molecule is CCOC(=O)c1nnc(Cl)s1.OCc1nnc(Cl)s1. The van der Waals surface area contributed by atoms with E-state index in [1.807, 2.05) is 0 Å². The molecule has 2 rings (SSSR count). The average molecular weight is 343 g/mol. The molecule has 19 heavy (non-hydrogen) atoms. The second-order valence-corrected chi connectivity index (χ2v) is 5.89. The Morgan fingerprint density at radius 3 is 2.21 bits per heavy atom. The molecule has 104 valence electrons. The van der Waals surface area contributed by atoms with Gasteiger partial charge in [0.25, 0.3) is 0 Å². The second-order valence-electron chi connectivity index (χ2n) is 2.69. The number of nitrogens with zero attached hydrogens (tertiary/aromatic N) is 4. The van der Waals surface area contributed by atoms with E-state index in [0.29, 0.717) is 16.1 Å². The molecule has 1 N–H and O–H groups in total. The predicted molar refractivity (Wildman–Crippen MR) is 71.7 cm³/mol. The maximum absolute atomic E-state index is 10.9. The first-order valence-corrected chi connectivity index (χ1v) is 7.20. The third kappa shape index (κ3) is 5.74. The van der Waals surface area contributed by atoms with Crippen LogP contribution in [-0.4, -0.2) is 38.1 Å². The maximum atomic E-state index is 10.9. The Kier molecular flexibility index (Phi) is 7.10. The number of hydrogen-bond acceptors (Lipinski definition) is 9. The molecular weight excluding hydrogens is 335 g/mol. The van der Waals surface area contributed by atoms with Crippen molar-refractivity contribution in [3.8, 4) is 0 Å². The van der Waals surface area contributed by atoms with Crippen LogP contribution >= 0.6 is 45.9 Å². The zero-order valence-corrected chi connectivity index (χ0v) is 12.7. The van der Waals surface area contributed by atoms with E-state index in [4.69, 9.17) is 28.3 Å². The van der Waals surface area contributed by atoms with E-state index in [1.54, 1.807) is 6.92 Å². The van der Waals surface area contributed by atoms with Crippen molar-refractivity contribution in [1.29, 1.82) is 0 Å². The van der Waals surface area contributed by atoms with Crippen LogP contribution in [0, 0.1) is 0 Å². The molecule has 0 aliphatic carbocycles. The summed E-state index contributed by atoms with van der Waals surface area (Å²) < 4.78 is 5.26. The fraction of sp³-hybridized carbons (Fsp3) is 0.375. The maximum Gasteiger partial charge on any atom is 0.369 e. The number of aliphatic hydroxyl groups is 1. The highest BCUT2D eigenvalue weighted by Crippen LogP contribution is 2.15. The Bertz CT molecular complexity index is 534. The molecule has 0 aromatic carbocycles. The van der Waals surface area contributed by atoms with Crippen molar-refractivity contribution >= 4 is 51.8 Å². The molecule has 0 saturated carbocycles. The summed E-state index contributed by atoms with van der Waals surface area (Å²) in [7, 11) is 0. The number of ether oxygens (including phenoxy) is 1. The molecule has 11 heteroatoms. The molecular formula is C8H8Cl2N4O3S2. The molecule has 0 aliphatic heterocycles. The molecule has 0 radical (unpaired) electrons. The summed E-state index contributed by atoms with van der Waals surface area (Å²) in [5.41, 5.74) is 0. The molecule has 0 bridgehead atoms. The third-order valence-electron chi connectivity index (χ3n) is 1.43. The number of carbonyl (C=O) groups excluding carboxylic acids is 1. The molecule has 0 saturated heterocycles. The smallest absolute Gasteiger partial charge is 0.369 e. The number of hydrogen-bond donors (Lipinski definition) is 1. The second kappa shape index (κ2) is 8.33. The van der Waals surface area contributed by atoms with Gasteiger partial charge < -0.3 is 9.84 Å². The van der Waals surface area contributed by atoms with Gasteiger partial charge in [-0.1, -0.05) is 22.7 Å². The first-order chi connectivity index (χ1) is 9.06. The van der Waals surface area contributed by atoms with Crippen molar-refractivity contribution < 1.29 is 14.6 Å². The lowest BCUT2D eigenvalue weighted by molar-refractivity contribution is 0.0525. The van der Waals surface area contributed by atoms with E-state index >= 15 is 0 Å². The van der Waals surface area contributed by atoms with Crippen LogP contribution in [0.4, 0.5) is 0 Å². The van der Waals surface area contributed by atoms with Crippen LogP contribution in [0.15, 0.2) is 0 Å². The minimum atomic E-state index is -0.475. The Labute approximate surface area is 126 Å². The average Bonchev–Trinajstić information content (AvgIpc) is 2.99. The Morgan fingerprint density at radius 1 is 1.21 bits per heavy atom. The lowest BCUT2D eigenvalue weighted by Gasteiger charge is -1.93. The molecule has 0 unspecified atom stereocenters. The van der Waals surface area contributed by atoms with Crippen LogP contribution in [0.1, 0.15) is 21.7 Å². The van der Waals surface area contributed by atoms with Gasteiger partial charge in [-0.3, -0.25) is 0 Å². The molecule has 2 heterocycles. The molecule has 0 atom stereocenters. The highest BCUT2D eigenvalue weighted by Gasteiger charge is 2.11.